The van der Waals surface area contributed by atoms with E-state index in [2.05, 4.69) is 15.9 Å². The summed E-state index contributed by atoms with van der Waals surface area (Å²) in [6, 6.07) is 18.5. The summed E-state index contributed by atoms with van der Waals surface area (Å²) in [5, 5.41) is 0.473. The highest BCUT2D eigenvalue weighted by Crippen LogP contribution is 2.33. The first-order chi connectivity index (χ1) is 12.6. The van der Waals surface area contributed by atoms with Crippen molar-refractivity contribution in [2.24, 2.45) is 0 Å². The monoisotopic (exact) mass is 410 g/mol. The zero-order valence-electron chi connectivity index (χ0n) is 14.0. The fourth-order valence-corrected chi connectivity index (χ4v) is 3.12. The molecule has 4 nitrogen and oxygen atoms in total. The van der Waals surface area contributed by atoms with Crippen LogP contribution in [0.4, 0.5) is 0 Å². The number of aryl methyl sites for hydroxylation is 1. The Labute approximate surface area is 158 Å². The minimum atomic E-state index is -0.220. The number of fused-ring (bicyclic) bond motifs is 1. The van der Waals surface area contributed by atoms with Crippen molar-refractivity contribution < 1.29 is 13.6 Å². The minimum absolute atomic E-state index is 0.145. The van der Waals surface area contributed by atoms with Gasteiger partial charge in [0, 0.05) is 0 Å². The van der Waals surface area contributed by atoms with Crippen molar-refractivity contribution in [1.29, 1.82) is 0 Å². The quantitative estimate of drug-likeness (QED) is 0.432. The summed E-state index contributed by atoms with van der Waals surface area (Å²) >= 11 is 3.28. The Morgan fingerprint density at radius 1 is 1.00 bits per heavy atom. The van der Waals surface area contributed by atoms with Crippen LogP contribution in [0.2, 0.25) is 0 Å². The van der Waals surface area contributed by atoms with E-state index < -0.39 is 0 Å². The van der Waals surface area contributed by atoms with Crippen LogP contribution in [0.5, 0.6) is 5.75 Å². The lowest BCUT2D eigenvalue weighted by molar-refractivity contribution is 0.296. The largest absolute Gasteiger partial charge is 0.481 e. The van der Waals surface area contributed by atoms with E-state index in [1.165, 1.54) is 0 Å². The number of hydrogen-bond acceptors (Lipinski definition) is 4. The van der Waals surface area contributed by atoms with Gasteiger partial charge in [0.1, 0.15) is 12.2 Å². The molecule has 0 bridgehead atoms. The molecule has 0 aliphatic heterocycles. The summed E-state index contributed by atoms with van der Waals surface area (Å²) in [6.45, 7) is 2.28. The molecule has 2 heterocycles. The zero-order valence-corrected chi connectivity index (χ0v) is 15.6. The number of rotatable bonds is 4. The SMILES string of the molecule is Cc1cccc(COc2c(-c3ccc(Br)o3)oc3ccccc3c2=O)c1. The molecule has 0 radical (unpaired) electrons. The predicted octanol–water partition coefficient (Wildman–Crippen LogP) is 5.70. The van der Waals surface area contributed by atoms with Crippen molar-refractivity contribution in [3.63, 3.8) is 0 Å². The molecule has 0 N–H and O–H groups in total. The van der Waals surface area contributed by atoms with Gasteiger partial charge in [-0.25, -0.2) is 0 Å². The predicted molar refractivity (Wildman–Crippen MR) is 103 cm³/mol. The van der Waals surface area contributed by atoms with Gasteiger partial charge >= 0.3 is 0 Å². The molecule has 0 amide bonds. The van der Waals surface area contributed by atoms with Crippen molar-refractivity contribution in [3.05, 3.63) is 86.7 Å². The average molecular weight is 411 g/mol. The number of ether oxygens (including phenoxy) is 1. The van der Waals surface area contributed by atoms with Gasteiger partial charge in [0.25, 0.3) is 0 Å². The van der Waals surface area contributed by atoms with Crippen LogP contribution in [0.1, 0.15) is 11.1 Å². The number of furan rings is 1. The maximum absolute atomic E-state index is 13.0. The van der Waals surface area contributed by atoms with Gasteiger partial charge in [0.15, 0.2) is 10.4 Å². The maximum atomic E-state index is 13.0. The third kappa shape index (κ3) is 3.18. The van der Waals surface area contributed by atoms with Crippen molar-refractivity contribution in [1.82, 2.24) is 0 Å². The molecule has 2 aromatic carbocycles. The smallest absolute Gasteiger partial charge is 0.235 e. The molecule has 0 fully saturated rings. The molecule has 26 heavy (non-hydrogen) atoms. The standard InChI is InChI=1S/C21H15BrO4/c1-13-5-4-6-14(11-13)12-24-21-19(23)15-7-2-3-8-16(15)26-20(21)17-9-10-18(22)25-17/h2-11H,12H2,1H3. The van der Waals surface area contributed by atoms with Gasteiger partial charge in [-0.05, 0) is 52.7 Å². The fourth-order valence-electron chi connectivity index (χ4n) is 2.81. The highest BCUT2D eigenvalue weighted by molar-refractivity contribution is 9.10. The second kappa shape index (κ2) is 6.84. The fraction of sp³-hybridized carbons (Fsp3) is 0.0952. The summed E-state index contributed by atoms with van der Waals surface area (Å²) in [6.07, 6.45) is 0. The third-order valence-electron chi connectivity index (χ3n) is 4.02. The Hall–Kier alpha value is -2.79. The molecule has 0 atom stereocenters. The second-order valence-electron chi connectivity index (χ2n) is 5.97. The summed E-state index contributed by atoms with van der Waals surface area (Å²) in [5.74, 6) is 0.859. The lowest BCUT2D eigenvalue weighted by atomic mass is 10.1. The topological polar surface area (TPSA) is 52.6 Å². The van der Waals surface area contributed by atoms with Gasteiger partial charge in [0.05, 0.1) is 5.39 Å². The summed E-state index contributed by atoms with van der Waals surface area (Å²) in [5.41, 5.74) is 2.38. The van der Waals surface area contributed by atoms with Gasteiger partial charge in [0.2, 0.25) is 16.9 Å². The highest BCUT2D eigenvalue weighted by Gasteiger charge is 2.20. The number of hydrogen-bond donors (Lipinski definition) is 0. The molecule has 5 heteroatoms. The van der Waals surface area contributed by atoms with E-state index in [1.807, 2.05) is 37.3 Å². The second-order valence-corrected chi connectivity index (χ2v) is 6.75. The first kappa shape index (κ1) is 16.7. The Morgan fingerprint density at radius 2 is 1.85 bits per heavy atom. The van der Waals surface area contributed by atoms with Crippen molar-refractivity contribution in [2.45, 2.75) is 13.5 Å². The lowest BCUT2D eigenvalue weighted by Gasteiger charge is -2.10. The summed E-state index contributed by atoms with van der Waals surface area (Å²) in [7, 11) is 0. The summed E-state index contributed by atoms with van der Waals surface area (Å²) in [4.78, 5) is 13.0. The van der Waals surface area contributed by atoms with E-state index >= 15 is 0 Å². The Balaban J connectivity index is 1.83. The third-order valence-corrected chi connectivity index (χ3v) is 4.45. The normalized spacial score (nSPS) is 11.0. The Kier molecular flexibility index (Phi) is 4.39. The minimum Gasteiger partial charge on any atom is -0.481 e. The Bertz CT molecular complexity index is 1140. The van der Waals surface area contributed by atoms with Gasteiger partial charge in [-0.2, -0.15) is 0 Å². The number of para-hydroxylation sites is 1. The zero-order chi connectivity index (χ0) is 18.1. The molecular formula is C21H15BrO4. The number of halogens is 1. The van der Waals surface area contributed by atoms with Crippen LogP contribution in [0.15, 0.2) is 79.0 Å². The maximum Gasteiger partial charge on any atom is 0.235 e. The summed E-state index contributed by atoms with van der Waals surface area (Å²) < 4.78 is 18.0. The molecule has 0 saturated heterocycles. The number of benzene rings is 2. The molecule has 0 aliphatic carbocycles. The van der Waals surface area contributed by atoms with Crippen LogP contribution in [-0.2, 0) is 6.61 Å². The molecule has 0 spiro atoms. The molecule has 0 aliphatic rings. The van der Waals surface area contributed by atoms with Crippen LogP contribution in [0.25, 0.3) is 22.5 Å². The first-order valence-electron chi connectivity index (χ1n) is 8.12. The van der Waals surface area contributed by atoms with Crippen molar-refractivity contribution in [2.75, 3.05) is 0 Å². The molecule has 4 aromatic rings. The Morgan fingerprint density at radius 3 is 2.62 bits per heavy atom. The molecule has 2 aromatic heterocycles. The van der Waals surface area contributed by atoms with Crippen molar-refractivity contribution in [3.8, 4) is 17.3 Å². The van der Waals surface area contributed by atoms with Crippen LogP contribution in [-0.4, -0.2) is 0 Å². The van der Waals surface area contributed by atoms with E-state index in [-0.39, 0.29) is 23.5 Å². The van der Waals surface area contributed by atoms with Crippen molar-refractivity contribution >= 4 is 26.9 Å². The molecule has 0 unspecified atom stereocenters. The van der Waals surface area contributed by atoms with Crippen LogP contribution < -0.4 is 10.2 Å². The molecular weight excluding hydrogens is 396 g/mol. The highest BCUT2D eigenvalue weighted by atomic mass is 79.9. The van der Waals surface area contributed by atoms with Crippen LogP contribution in [0, 0.1) is 6.92 Å². The van der Waals surface area contributed by atoms with E-state index in [0.29, 0.717) is 21.4 Å². The van der Waals surface area contributed by atoms with E-state index in [1.54, 1.807) is 30.3 Å². The molecule has 130 valence electrons. The van der Waals surface area contributed by atoms with Crippen LogP contribution >= 0.6 is 15.9 Å². The van der Waals surface area contributed by atoms with Crippen LogP contribution in [0.3, 0.4) is 0 Å². The first-order valence-corrected chi connectivity index (χ1v) is 8.91. The molecule has 4 rings (SSSR count). The average Bonchev–Trinajstić information content (AvgIpc) is 3.07. The molecule has 0 saturated carbocycles. The van der Waals surface area contributed by atoms with Gasteiger partial charge in [-0.3, -0.25) is 4.79 Å². The van der Waals surface area contributed by atoms with E-state index in [4.69, 9.17) is 13.6 Å². The van der Waals surface area contributed by atoms with E-state index in [0.717, 1.165) is 11.1 Å². The van der Waals surface area contributed by atoms with Gasteiger partial charge in [-0.15, -0.1) is 0 Å². The van der Waals surface area contributed by atoms with Gasteiger partial charge in [-0.1, -0.05) is 42.0 Å². The van der Waals surface area contributed by atoms with Gasteiger partial charge < -0.3 is 13.6 Å². The van der Waals surface area contributed by atoms with E-state index in [9.17, 15) is 4.79 Å². The lowest BCUT2D eigenvalue weighted by Crippen LogP contribution is -2.10.